The Morgan fingerprint density at radius 2 is 1.62 bits per heavy atom. The maximum Gasteiger partial charge on any atom is 0.298 e. The predicted molar refractivity (Wildman–Crippen MR) is 82.7 cm³/mol. The van der Waals surface area contributed by atoms with Gasteiger partial charge in [-0.25, -0.2) is 0 Å². The molecular formula is C15H10O8S. The molecule has 0 spiro atoms. The molecule has 8 nitrogen and oxygen atoms in total. The van der Waals surface area contributed by atoms with E-state index in [0.717, 1.165) is 30.3 Å². The average molecular weight is 350 g/mol. The van der Waals surface area contributed by atoms with Gasteiger partial charge in [0.15, 0.2) is 5.43 Å². The van der Waals surface area contributed by atoms with Crippen LogP contribution >= 0.6 is 0 Å². The van der Waals surface area contributed by atoms with Gasteiger partial charge >= 0.3 is 0 Å². The summed E-state index contributed by atoms with van der Waals surface area (Å²) in [4.78, 5) is 11.4. The Kier molecular flexibility index (Phi) is 3.47. The molecule has 0 fully saturated rings. The molecule has 0 bridgehead atoms. The molecular weight excluding hydrogens is 340 g/mol. The van der Waals surface area contributed by atoms with E-state index < -0.39 is 31.9 Å². The molecule has 0 saturated carbocycles. The standard InChI is InChI=1S/C15H10O8S/c16-8-4-10(18)15-11(19)6-12(23-13(15)5-8)7-1-2-9(17)14(3-7)24(20,21)22/h1-6,16-18H,(H,20,21,22). The minimum atomic E-state index is -4.68. The third-order valence-corrected chi connectivity index (χ3v) is 4.20. The van der Waals surface area contributed by atoms with Crippen LogP contribution < -0.4 is 5.43 Å². The molecule has 4 N–H and O–H groups in total. The van der Waals surface area contributed by atoms with Gasteiger partial charge in [0.25, 0.3) is 10.1 Å². The van der Waals surface area contributed by atoms with Gasteiger partial charge in [0.2, 0.25) is 0 Å². The van der Waals surface area contributed by atoms with E-state index in [4.69, 9.17) is 8.97 Å². The summed E-state index contributed by atoms with van der Waals surface area (Å²) >= 11 is 0. The van der Waals surface area contributed by atoms with Crippen molar-refractivity contribution in [3.63, 3.8) is 0 Å². The fraction of sp³-hybridized carbons (Fsp3) is 0. The molecule has 0 aliphatic heterocycles. The third kappa shape index (κ3) is 2.66. The summed E-state index contributed by atoms with van der Waals surface area (Å²) in [6, 6.07) is 6.33. The third-order valence-electron chi connectivity index (χ3n) is 3.32. The molecule has 0 saturated heterocycles. The van der Waals surface area contributed by atoms with Crippen molar-refractivity contribution in [2.45, 2.75) is 4.90 Å². The molecule has 9 heteroatoms. The lowest BCUT2D eigenvalue weighted by atomic mass is 10.1. The molecule has 0 amide bonds. The maximum atomic E-state index is 12.1. The number of phenols is 3. The Hall–Kier alpha value is -3.04. The van der Waals surface area contributed by atoms with E-state index in [1.54, 1.807) is 0 Å². The van der Waals surface area contributed by atoms with Gasteiger partial charge in [0.05, 0.1) is 0 Å². The second kappa shape index (κ2) is 5.25. The summed E-state index contributed by atoms with van der Waals surface area (Å²) in [5, 5.41) is 28.6. The summed E-state index contributed by atoms with van der Waals surface area (Å²) in [5.74, 6) is -1.54. The van der Waals surface area contributed by atoms with Crippen LogP contribution in [-0.4, -0.2) is 28.3 Å². The molecule has 124 valence electrons. The largest absolute Gasteiger partial charge is 0.508 e. The zero-order chi connectivity index (χ0) is 17.6. The zero-order valence-electron chi connectivity index (χ0n) is 11.8. The molecule has 0 radical (unpaired) electrons. The number of fused-ring (bicyclic) bond motifs is 1. The SMILES string of the molecule is O=c1cc(-c2ccc(O)c(S(=O)(=O)O)c2)oc2cc(O)cc(O)c12. The Morgan fingerprint density at radius 1 is 0.917 bits per heavy atom. The first-order valence-corrected chi connectivity index (χ1v) is 7.91. The minimum Gasteiger partial charge on any atom is -0.508 e. The Balaban J connectivity index is 2.30. The van der Waals surface area contributed by atoms with Crippen LogP contribution in [0.5, 0.6) is 17.2 Å². The van der Waals surface area contributed by atoms with Gasteiger partial charge in [0, 0.05) is 23.8 Å². The van der Waals surface area contributed by atoms with Crippen molar-refractivity contribution in [3.05, 3.63) is 46.6 Å². The molecule has 0 aliphatic carbocycles. The van der Waals surface area contributed by atoms with E-state index in [1.807, 2.05) is 0 Å². The summed E-state index contributed by atoms with van der Waals surface area (Å²) < 4.78 is 37.0. The summed E-state index contributed by atoms with van der Waals surface area (Å²) in [5.41, 5.74) is -0.649. The zero-order valence-corrected chi connectivity index (χ0v) is 12.6. The van der Waals surface area contributed by atoms with Crippen LogP contribution in [0.1, 0.15) is 0 Å². The smallest absolute Gasteiger partial charge is 0.298 e. The van der Waals surface area contributed by atoms with Gasteiger partial charge in [-0.05, 0) is 18.2 Å². The maximum absolute atomic E-state index is 12.1. The van der Waals surface area contributed by atoms with Crippen molar-refractivity contribution in [1.82, 2.24) is 0 Å². The first-order chi connectivity index (χ1) is 11.2. The molecule has 0 unspecified atom stereocenters. The minimum absolute atomic E-state index is 0.0811. The number of benzene rings is 2. The van der Waals surface area contributed by atoms with Crippen LogP contribution in [0.2, 0.25) is 0 Å². The molecule has 0 atom stereocenters. The molecule has 1 aromatic heterocycles. The van der Waals surface area contributed by atoms with Crippen LogP contribution in [0.3, 0.4) is 0 Å². The van der Waals surface area contributed by atoms with Crippen molar-refractivity contribution in [2.75, 3.05) is 0 Å². The lowest BCUT2D eigenvalue weighted by molar-refractivity contribution is 0.443. The number of aromatic hydroxyl groups is 3. The number of hydrogen-bond acceptors (Lipinski definition) is 7. The molecule has 3 aromatic rings. The quantitative estimate of drug-likeness (QED) is 0.512. The van der Waals surface area contributed by atoms with Crippen molar-refractivity contribution < 1.29 is 32.7 Å². The fourth-order valence-corrected chi connectivity index (χ4v) is 2.88. The van der Waals surface area contributed by atoms with Crippen molar-refractivity contribution >= 4 is 21.1 Å². The van der Waals surface area contributed by atoms with Crippen molar-refractivity contribution in [3.8, 4) is 28.6 Å². The lowest BCUT2D eigenvalue weighted by Crippen LogP contribution is -2.02. The van der Waals surface area contributed by atoms with Gasteiger partial charge in [-0.1, -0.05) is 0 Å². The first kappa shape index (κ1) is 15.8. The topological polar surface area (TPSA) is 145 Å². The fourth-order valence-electron chi connectivity index (χ4n) is 2.27. The van der Waals surface area contributed by atoms with Crippen LogP contribution in [0, 0.1) is 0 Å². The van der Waals surface area contributed by atoms with E-state index in [1.165, 1.54) is 6.07 Å². The van der Waals surface area contributed by atoms with Gasteiger partial charge < -0.3 is 19.7 Å². The summed E-state index contributed by atoms with van der Waals surface area (Å²) in [6.45, 7) is 0. The Labute approximate surface area is 134 Å². The summed E-state index contributed by atoms with van der Waals surface area (Å²) in [7, 11) is -4.68. The van der Waals surface area contributed by atoms with Crippen LogP contribution in [0.25, 0.3) is 22.3 Å². The van der Waals surface area contributed by atoms with Gasteiger partial charge in [-0.2, -0.15) is 8.42 Å². The highest BCUT2D eigenvalue weighted by atomic mass is 32.2. The van der Waals surface area contributed by atoms with E-state index in [2.05, 4.69) is 0 Å². The Morgan fingerprint density at radius 3 is 2.29 bits per heavy atom. The van der Waals surface area contributed by atoms with Crippen molar-refractivity contribution in [1.29, 1.82) is 0 Å². The second-order valence-electron chi connectivity index (χ2n) is 4.97. The number of phenolic OH excluding ortho intramolecular Hbond substituents is 3. The molecule has 2 aromatic carbocycles. The van der Waals surface area contributed by atoms with E-state index in [9.17, 15) is 28.5 Å². The average Bonchev–Trinajstić information content (AvgIpc) is 2.45. The van der Waals surface area contributed by atoms with Crippen LogP contribution in [-0.2, 0) is 10.1 Å². The van der Waals surface area contributed by atoms with E-state index >= 15 is 0 Å². The monoisotopic (exact) mass is 350 g/mol. The molecule has 3 rings (SSSR count). The lowest BCUT2D eigenvalue weighted by Gasteiger charge is -2.07. The first-order valence-electron chi connectivity index (χ1n) is 6.47. The number of hydrogen-bond donors (Lipinski definition) is 4. The highest BCUT2D eigenvalue weighted by Gasteiger charge is 2.18. The highest BCUT2D eigenvalue weighted by Crippen LogP contribution is 2.32. The van der Waals surface area contributed by atoms with Crippen LogP contribution in [0.4, 0.5) is 0 Å². The Bertz CT molecular complexity index is 1130. The summed E-state index contributed by atoms with van der Waals surface area (Å²) in [6.07, 6.45) is 0. The van der Waals surface area contributed by atoms with Gasteiger partial charge in [-0.15, -0.1) is 0 Å². The molecule has 0 aliphatic rings. The van der Waals surface area contributed by atoms with Crippen LogP contribution in [0.15, 0.2) is 50.5 Å². The van der Waals surface area contributed by atoms with E-state index in [0.29, 0.717) is 0 Å². The molecule has 24 heavy (non-hydrogen) atoms. The van der Waals surface area contributed by atoms with Gasteiger partial charge in [-0.3, -0.25) is 9.35 Å². The predicted octanol–water partition coefficient (Wildman–Crippen LogP) is 1.82. The second-order valence-corrected chi connectivity index (χ2v) is 6.36. The number of rotatable bonds is 2. The normalized spacial score (nSPS) is 11.7. The molecule has 1 heterocycles. The van der Waals surface area contributed by atoms with Gasteiger partial charge in [0.1, 0.15) is 38.9 Å². The van der Waals surface area contributed by atoms with E-state index in [-0.39, 0.29) is 28.0 Å². The van der Waals surface area contributed by atoms with Crippen molar-refractivity contribution in [2.24, 2.45) is 0 Å². The highest BCUT2D eigenvalue weighted by molar-refractivity contribution is 7.86.